The Morgan fingerprint density at radius 3 is 2.40 bits per heavy atom. The molecule has 1 unspecified atom stereocenters. The number of nitrogens with zero attached hydrogens (tertiary/aromatic N) is 1. The molecule has 0 aromatic carbocycles. The second-order valence-electron chi connectivity index (χ2n) is 3.46. The van der Waals surface area contributed by atoms with Gasteiger partial charge in [-0.05, 0) is 20.3 Å². The van der Waals surface area contributed by atoms with Crippen LogP contribution in [0.2, 0.25) is 0 Å². The van der Waals surface area contributed by atoms with Gasteiger partial charge in [-0.1, -0.05) is 6.92 Å². The molecule has 0 radical (unpaired) electrons. The Hall–Kier alpha value is -1.01. The molecule has 3 heteroatoms. The lowest BCUT2D eigenvalue weighted by molar-refractivity contribution is -0.130. The smallest absolute Gasteiger partial charge is 0.236 e. The average Bonchev–Trinajstić information content (AvgIpc) is 2.25. The van der Waals surface area contributed by atoms with E-state index in [2.05, 4.69) is 18.2 Å². The van der Waals surface area contributed by atoms with E-state index < -0.39 is 0 Å². The fourth-order valence-corrected chi connectivity index (χ4v) is 1.42. The number of amides is 1. The number of hydrogen-bond acceptors (Lipinski definition) is 2. The molecule has 0 aromatic rings. The van der Waals surface area contributed by atoms with Gasteiger partial charge in [-0.2, -0.15) is 0 Å². The quantitative estimate of drug-likeness (QED) is 0.641. The van der Waals surface area contributed by atoms with E-state index in [1.165, 1.54) is 0 Å². The number of rotatable bonds is 7. The Bertz CT molecular complexity index is 216. The molecule has 0 heterocycles. The monoisotopic (exact) mass is 210 g/mol. The van der Waals surface area contributed by atoms with Crippen LogP contribution in [0.3, 0.4) is 0 Å². The summed E-state index contributed by atoms with van der Waals surface area (Å²) in [4.78, 5) is 13.5. The Labute approximate surface area is 93.2 Å². The zero-order chi connectivity index (χ0) is 11.7. The number of carbonyl (C=O) groups is 1. The third kappa shape index (κ3) is 5.44. The number of terminal acetylenes is 1. The SMILES string of the molecule is C#CCC(CC)NCC(=O)N(CC)CC. The van der Waals surface area contributed by atoms with E-state index in [4.69, 9.17) is 6.42 Å². The van der Waals surface area contributed by atoms with E-state index in [9.17, 15) is 4.79 Å². The highest BCUT2D eigenvalue weighted by Crippen LogP contribution is 1.96. The van der Waals surface area contributed by atoms with Crippen LogP contribution in [0.5, 0.6) is 0 Å². The van der Waals surface area contributed by atoms with Gasteiger partial charge in [-0.3, -0.25) is 4.79 Å². The van der Waals surface area contributed by atoms with Crippen molar-refractivity contribution in [3.63, 3.8) is 0 Å². The first-order valence-corrected chi connectivity index (χ1v) is 5.64. The predicted molar refractivity (Wildman–Crippen MR) is 63.5 cm³/mol. The molecule has 0 fully saturated rings. The number of carbonyl (C=O) groups excluding carboxylic acids is 1. The maximum absolute atomic E-state index is 11.6. The van der Waals surface area contributed by atoms with Gasteiger partial charge in [-0.25, -0.2) is 0 Å². The summed E-state index contributed by atoms with van der Waals surface area (Å²) in [5.74, 6) is 2.76. The summed E-state index contributed by atoms with van der Waals surface area (Å²) >= 11 is 0. The van der Waals surface area contributed by atoms with Crippen LogP contribution >= 0.6 is 0 Å². The van der Waals surface area contributed by atoms with Gasteiger partial charge in [0.25, 0.3) is 0 Å². The summed E-state index contributed by atoms with van der Waals surface area (Å²) in [6, 6.07) is 0.259. The zero-order valence-corrected chi connectivity index (χ0v) is 10.0. The molecule has 1 atom stereocenters. The normalized spacial score (nSPS) is 11.9. The summed E-state index contributed by atoms with van der Waals surface area (Å²) in [5, 5.41) is 3.19. The van der Waals surface area contributed by atoms with E-state index in [0.717, 1.165) is 19.5 Å². The first-order chi connectivity index (χ1) is 7.19. The van der Waals surface area contributed by atoms with Crippen molar-refractivity contribution >= 4 is 5.91 Å². The lowest BCUT2D eigenvalue weighted by Gasteiger charge is -2.21. The molecule has 0 saturated carbocycles. The molecule has 0 aliphatic heterocycles. The van der Waals surface area contributed by atoms with Gasteiger partial charge < -0.3 is 10.2 Å². The van der Waals surface area contributed by atoms with Crippen LogP contribution in [0, 0.1) is 12.3 Å². The third-order valence-corrected chi connectivity index (χ3v) is 2.52. The van der Waals surface area contributed by atoms with Crippen LogP contribution in [0.4, 0.5) is 0 Å². The third-order valence-electron chi connectivity index (χ3n) is 2.52. The summed E-state index contributed by atoms with van der Waals surface area (Å²) in [5.41, 5.74) is 0. The number of nitrogens with one attached hydrogen (secondary N) is 1. The summed E-state index contributed by atoms with van der Waals surface area (Å²) in [6.45, 7) is 7.96. The van der Waals surface area contributed by atoms with Gasteiger partial charge in [0.05, 0.1) is 6.54 Å². The van der Waals surface area contributed by atoms with Crippen molar-refractivity contribution in [3.8, 4) is 12.3 Å². The molecular formula is C12H22N2O. The highest BCUT2D eigenvalue weighted by Gasteiger charge is 2.11. The Kier molecular flexibility index (Phi) is 7.75. The lowest BCUT2D eigenvalue weighted by Crippen LogP contribution is -2.41. The van der Waals surface area contributed by atoms with Gasteiger partial charge in [0, 0.05) is 25.6 Å². The Morgan fingerprint density at radius 2 is 2.00 bits per heavy atom. The highest BCUT2D eigenvalue weighted by atomic mass is 16.2. The Balaban J connectivity index is 3.92. The first kappa shape index (κ1) is 14.0. The van der Waals surface area contributed by atoms with Gasteiger partial charge >= 0.3 is 0 Å². The highest BCUT2D eigenvalue weighted by molar-refractivity contribution is 5.78. The van der Waals surface area contributed by atoms with Gasteiger partial charge in [-0.15, -0.1) is 12.3 Å². The van der Waals surface area contributed by atoms with Gasteiger partial charge in [0.15, 0.2) is 0 Å². The zero-order valence-electron chi connectivity index (χ0n) is 10.0. The molecule has 0 saturated heterocycles. The average molecular weight is 210 g/mol. The van der Waals surface area contributed by atoms with Crippen molar-refractivity contribution in [2.24, 2.45) is 0 Å². The second-order valence-corrected chi connectivity index (χ2v) is 3.46. The molecule has 0 spiro atoms. The summed E-state index contributed by atoms with van der Waals surface area (Å²) < 4.78 is 0. The molecule has 1 amide bonds. The molecule has 1 N–H and O–H groups in total. The second kappa shape index (κ2) is 8.31. The van der Waals surface area contributed by atoms with Crippen LogP contribution in [-0.4, -0.2) is 36.5 Å². The largest absolute Gasteiger partial charge is 0.342 e. The lowest BCUT2D eigenvalue weighted by atomic mass is 10.1. The molecule has 0 aliphatic carbocycles. The Morgan fingerprint density at radius 1 is 1.40 bits per heavy atom. The van der Waals surface area contributed by atoms with Crippen LogP contribution in [0.1, 0.15) is 33.6 Å². The van der Waals surface area contributed by atoms with Gasteiger partial charge in [0.1, 0.15) is 0 Å². The topological polar surface area (TPSA) is 32.3 Å². The van der Waals surface area contributed by atoms with E-state index in [1.807, 2.05) is 18.7 Å². The number of hydrogen-bond donors (Lipinski definition) is 1. The minimum atomic E-state index is 0.149. The maximum Gasteiger partial charge on any atom is 0.236 e. The molecule has 86 valence electrons. The maximum atomic E-state index is 11.6. The molecular weight excluding hydrogens is 188 g/mol. The van der Waals surface area contributed by atoms with Crippen LogP contribution in [0.25, 0.3) is 0 Å². The number of likely N-dealkylation sites (N-methyl/N-ethyl adjacent to an activating group) is 1. The van der Waals surface area contributed by atoms with Crippen molar-refractivity contribution in [3.05, 3.63) is 0 Å². The minimum Gasteiger partial charge on any atom is -0.342 e. The van der Waals surface area contributed by atoms with Gasteiger partial charge in [0.2, 0.25) is 5.91 Å². The van der Waals surface area contributed by atoms with E-state index >= 15 is 0 Å². The molecule has 0 bridgehead atoms. The molecule has 3 nitrogen and oxygen atoms in total. The van der Waals surface area contributed by atoms with Crippen molar-refractivity contribution in [2.75, 3.05) is 19.6 Å². The van der Waals surface area contributed by atoms with E-state index in [0.29, 0.717) is 13.0 Å². The molecule has 15 heavy (non-hydrogen) atoms. The van der Waals surface area contributed by atoms with Crippen molar-refractivity contribution < 1.29 is 4.79 Å². The minimum absolute atomic E-state index is 0.149. The molecule has 0 aromatic heterocycles. The van der Waals surface area contributed by atoms with Crippen LogP contribution in [0.15, 0.2) is 0 Å². The van der Waals surface area contributed by atoms with Crippen molar-refractivity contribution in [2.45, 2.75) is 39.7 Å². The van der Waals surface area contributed by atoms with E-state index in [1.54, 1.807) is 0 Å². The first-order valence-electron chi connectivity index (χ1n) is 5.64. The van der Waals surface area contributed by atoms with Crippen molar-refractivity contribution in [1.82, 2.24) is 10.2 Å². The summed E-state index contributed by atoms with van der Waals surface area (Å²) in [7, 11) is 0. The fourth-order valence-electron chi connectivity index (χ4n) is 1.42. The molecule has 0 aliphatic rings. The fraction of sp³-hybridized carbons (Fsp3) is 0.750. The van der Waals surface area contributed by atoms with Crippen LogP contribution in [-0.2, 0) is 4.79 Å². The van der Waals surface area contributed by atoms with Crippen molar-refractivity contribution in [1.29, 1.82) is 0 Å². The van der Waals surface area contributed by atoms with E-state index in [-0.39, 0.29) is 11.9 Å². The molecule has 0 rings (SSSR count). The standard InChI is InChI=1S/C12H22N2O/c1-5-9-11(6-2)13-10-12(15)14(7-3)8-4/h1,11,13H,6-10H2,2-4H3. The predicted octanol–water partition coefficient (Wildman–Crippen LogP) is 1.25. The summed E-state index contributed by atoms with van der Waals surface area (Å²) in [6.07, 6.45) is 6.87. The van der Waals surface area contributed by atoms with Crippen LogP contribution < -0.4 is 5.32 Å².